The third kappa shape index (κ3) is 1.75. The zero-order valence-electron chi connectivity index (χ0n) is 8.73. The van der Waals surface area contributed by atoms with Crippen molar-refractivity contribution in [2.24, 2.45) is 0 Å². The first-order valence-corrected chi connectivity index (χ1v) is 4.74. The zero-order chi connectivity index (χ0) is 10.8. The lowest BCUT2D eigenvalue weighted by Gasteiger charge is -2.05. The average Bonchev–Trinajstić information content (AvgIpc) is 2.66. The summed E-state index contributed by atoms with van der Waals surface area (Å²) in [4.78, 5) is 0. The molecular weight excluding hydrogens is 186 g/mol. The number of benzene rings is 1. The molecule has 0 aliphatic carbocycles. The van der Waals surface area contributed by atoms with Crippen molar-refractivity contribution >= 4 is 0 Å². The summed E-state index contributed by atoms with van der Waals surface area (Å²) in [5, 5.41) is 12.8. The lowest BCUT2D eigenvalue weighted by atomic mass is 10.1. The summed E-state index contributed by atoms with van der Waals surface area (Å²) in [6.07, 6.45) is 1.80. The predicted octanol–water partition coefficient (Wildman–Crippen LogP) is 2.36. The van der Waals surface area contributed by atoms with Crippen molar-refractivity contribution in [2.45, 2.75) is 13.8 Å². The van der Waals surface area contributed by atoms with Crippen LogP contribution in [0.2, 0.25) is 0 Å². The van der Waals surface area contributed by atoms with Crippen LogP contribution in [0.25, 0.3) is 5.69 Å². The van der Waals surface area contributed by atoms with Gasteiger partial charge in [0, 0.05) is 6.20 Å². The highest BCUT2D eigenvalue weighted by Crippen LogP contribution is 2.14. The van der Waals surface area contributed by atoms with Crippen LogP contribution in [-0.2, 0) is 0 Å². The molecule has 74 valence electrons. The van der Waals surface area contributed by atoms with E-state index in [0.29, 0.717) is 5.69 Å². The molecule has 0 fully saturated rings. The van der Waals surface area contributed by atoms with Crippen LogP contribution >= 0.6 is 0 Å². The van der Waals surface area contributed by atoms with Crippen LogP contribution in [-0.4, -0.2) is 9.78 Å². The summed E-state index contributed by atoms with van der Waals surface area (Å²) in [6.45, 7) is 4.09. The number of rotatable bonds is 1. The van der Waals surface area contributed by atoms with Gasteiger partial charge < -0.3 is 0 Å². The Balaban J connectivity index is 2.50. The number of hydrogen-bond donors (Lipinski definition) is 0. The first-order chi connectivity index (χ1) is 7.20. The van der Waals surface area contributed by atoms with Crippen LogP contribution in [0.15, 0.2) is 30.5 Å². The molecule has 0 unspecified atom stereocenters. The zero-order valence-corrected chi connectivity index (χ0v) is 8.73. The van der Waals surface area contributed by atoms with Crippen LogP contribution in [0.5, 0.6) is 0 Å². The Kier molecular flexibility index (Phi) is 2.26. The minimum Gasteiger partial charge on any atom is -0.239 e. The van der Waals surface area contributed by atoms with Crippen LogP contribution in [0.3, 0.4) is 0 Å². The molecule has 3 nitrogen and oxygen atoms in total. The van der Waals surface area contributed by atoms with E-state index in [1.165, 1.54) is 5.56 Å². The summed E-state index contributed by atoms with van der Waals surface area (Å²) < 4.78 is 1.73. The number of aromatic nitrogens is 2. The monoisotopic (exact) mass is 197 g/mol. The Morgan fingerprint density at radius 2 is 2.07 bits per heavy atom. The smallest absolute Gasteiger partial charge is 0.162 e. The second-order valence-electron chi connectivity index (χ2n) is 3.55. The maximum atomic E-state index is 8.69. The fraction of sp³-hybridized carbons (Fsp3) is 0.167. The van der Waals surface area contributed by atoms with Crippen LogP contribution in [0.1, 0.15) is 16.8 Å². The molecule has 0 bridgehead atoms. The molecule has 2 aromatic rings. The fourth-order valence-electron chi connectivity index (χ4n) is 1.58. The van der Waals surface area contributed by atoms with Gasteiger partial charge in [-0.15, -0.1) is 0 Å². The van der Waals surface area contributed by atoms with Gasteiger partial charge in [-0.25, -0.2) is 4.68 Å². The van der Waals surface area contributed by atoms with Crippen molar-refractivity contribution in [1.29, 1.82) is 5.26 Å². The third-order valence-corrected chi connectivity index (χ3v) is 2.30. The maximum absolute atomic E-state index is 8.69. The third-order valence-electron chi connectivity index (χ3n) is 2.30. The van der Waals surface area contributed by atoms with Crippen molar-refractivity contribution in [3.63, 3.8) is 0 Å². The molecular formula is C12H11N3. The Hall–Kier alpha value is -2.08. The summed E-state index contributed by atoms with van der Waals surface area (Å²) >= 11 is 0. The van der Waals surface area contributed by atoms with Gasteiger partial charge in [0.15, 0.2) is 5.69 Å². The minimum atomic E-state index is 0.440. The first kappa shape index (κ1) is 9.47. The highest BCUT2D eigenvalue weighted by Gasteiger charge is 2.03. The summed E-state index contributed by atoms with van der Waals surface area (Å²) in [5.41, 5.74) is 3.84. The van der Waals surface area contributed by atoms with Crippen molar-refractivity contribution in [2.75, 3.05) is 0 Å². The molecule has 0 aliphatic heterocycles. The predicted molar refractivity (Wildman–Crippen MR) is 57.8 cm³/mol. The molecule has 0 aliphatic rings. The quantitative estimate of drug-likeness (QED) is 0.704. The van der Waals surface area contributed by atoms with Gasteiger partial charge in [-0.3, -0.25) is 0 Å². The van der Waals surface area contributed by atoms with Gasteiger partial charge >= 0.3 is 0 Å². The molecule has 0 atom stereocenters. The number of nitriles is 1. The normalized spacial score (nSPS) is 9.93. The van der Waals surface area contributed by atoms with Gasteiger partial charge in [0.1, 0.15) is 6.07 Å². The van der Waals surface area contributed by atoms with Gasteiger partial charge in [-0.2, -0.15) is 10.4 Å². The summed E-state index contributed by atoms with van der Waals surface area (Å²) in [7, 11) is 0. The number of nitrogens with zero attached hydrogens (tertiary/aromatic N) is 3. The second-order valence-corrected chi connectivity index (χ2v) is 3.55. The molecule has 15 heavy (non-hydrogen) atoms. The van der Waals surface area contributed by atoms with E-state index < -0.39 is 0 Å². The molecule has 0 saturated heterocycles. The van der Waals surface area contributed by atoms with Crippen LogP contribution in [0.4, 0.5) is 0 Å². The standard InChI is InChI=1S/C12H11N3/c1-9-3-4-12(10(2)7-9)15-6-5-11(8-13)14-15/h3-7H,1-2H3. The number of hydrogen-bond acceptors (Lipinski definition) is 2. The van der Waals surface area contributed by atoms with Gasteiger partial charge in [0.2, 0.25) is 0 Å². The van der Waals surface area contributed by atoms with E-state index in [2.05, 4.69) is 18.1 Å². The lowest BCUT2D eigenvalue weighted by molar-refractivity contribution is 0.865. The summed E-state index contributed by atoms with van der Waals surface area (Å²) in [6, 6.07) is 9.87. The fourth-order valence-corrected chi connectivity index (χ4v) is 1.58. The van der Waals surface area contributed by atoms with Crippen molar-refractivity contribution in [1.82, 2.24) is 9.78 Å². The Morgan fingerprint density at radius 1 is 1.27 bits per heavy atom. The van der Waals surface area contributed by atoms with Gasteiger partial charge in [-0.1, -0.05) is 17.7 Å². The van der Waals surface area contributed by atoms with E-state index in [0.717, 1.165) is 11.3 Å². The molecule has 0 spiro atoms. The topological polar surface area (TPSA) is 41.6 Å². The SMILES string of the molecule is Cc1ccc(-n2ccc(C#N)n2)c(C)c1. The Labute approximate surface area is 88.6 Å². The van der Waals surface area contributed by atoms with Gasteiger partial charge in [-0.05, 0) is 31.5 Å². The van der Waals surface area contributed by atoms with Crippen molar-refractivity contribution in [3.8, 4) is 11.8 Å². The average molecular weight is 197 g/mol. The number of aryl methyl sites for hydroxylation is 2. The van der Waals surface area contributed by atoms with Crippen molar-refractivity contribution in [3.05, 3.63) is 47.3 Å². The van der Waals surface area contributed by atoms with E-state index in [1.807, 2.05) is 25.1 Å². The molecule has 1 heterocycles. The molecule has 1 aromatic heterocycles. The minimum absolute atomic E-state index is 0.440. The highest BCUT2D eigenvalue weighted by atomic mass is 15.3. The van der Waals surface area contributed by atoms with E-state index in [4.69, 9.17) is 5.26 Å². The lowest BCUT2D eigenvalue weighted by Crippen LogP contribution is -1.98. The van der Waals surface area contributed by atoms with E-state index in [1.54, 1.807) is 16.9 Å². The maximum Gasteiger partial charge on any atom is 0.162 e. The van der Waals surface area contributed by atoms with Crippen molar-refractivity contribution < 1.29 is 0 Å². The van der Waals surface area contributed by atoms with Gasteiger partial charge in [0.25, 0.3) is 0 Å². The highest BCUT2D eigenvalue weighted by molar-refractivity contribution is 5.42. The summed E-state index contributed by atoms with van der Waals surface area (Å²) in [5.74, 6) is 0. The molecule has 0 radical (unpaired) electrons. The molecule has 1 aromatic carbocycles. The Morgan fingerprint density at radius 3 is 2.67 bits per heavy atom. The van der Waals surface area contributed by atoms with Gasteiger partial charge in [0.05, 0.1) is 5.69 Å². The molecule has 2 rings (SSSR count). The molecule has 0 amide bonds. The molecule has 0 N–H and O–H groups in total. The van der Waals surface area contributed by atoms with E-state index >= 15 is 0 Å². The molecule has 0 saturated carbocycles. The van der Waals surface area contributed by atoms with E-state index in [-0.39, 0.29) is 0 Å². The Bertz CT molecular complexity index is 532. The molecule has 3 heteroatoms. The first-order valence-electron chi connectivity index (χ1n) is 4.74. The second kappa shape index (κ2) is 3.58. The van der Waals surface area contributed by atoms with Crippen LogP contribution in [0, 0.1) is 25.2 Å². The largest absolute Gasteiger partial charge is 0.239 e. The van der Waals surface area contributed by atoms with Crippen LogP contribution < -0.4 is 0 Å². The van der Waals surface area contributed by atoms with E-state index in [9.17, 15) is 0 Å².